The zero-order valence-electron chi connectivity index (χ0n) is 9.09. The van der Waals surface area contributed by atoms with Crippen molar-refractivity contribution in [2.45, 2.75) is 19.4 Å². The molecule has 2 heteroatoms. The first kappa shape index (κ1) is 8.98. The fraction of sp³-hybridized carbons (Fsp3) is 0.385. The number of nitrogens with one attached hydrogen (secondary N) is 1. The number of hydrogen-bond donors (Lipinski definition) is 1. The number of H-pyrrole nitrogens is 1. The third-order valence-electron chi connectivity index (χ3n) is 3.34. The van der Waals surface area contributed by atoms with Crippen LogP contribution in [0.15, 0.2) is 18.2 Å². The molecule has 0 atom stereocenters. The normalized spacial score (nSPS) is 19.8. The zero-order chi connectivity index (χ0) is 10.3. The molecule has 2 heterocycles. The number of likely N-dealkylation sites (N-methyl/N-ethyl adjacent to an activating group) is 1. The molecule has 1 aliphatic heterocycles. The van der Waals surface area contributed by atoms with Gasteiger partial charge < -0.3 is 9.88 Å². The fourth-order valence-electron chi connectivity index (χ4n) is 2.51. The van der Waals surface area contributed by atoms with Crippen LogP contribution in [0.1, 0.15) is 22.5 Å². The van der Waals surface area contributed by atoms with E-state index in [1.165, 1.54) is 29.1 Å². The minimum atomic E-state index is 1.07. The lowest BCUT2D eigenvalue weighted by Gasteiger charge is -2.23. The topological polar surface area (TPSA) is 19.0 Å². The van der Waals surface area contributed by atoms with Crippen molar-refractivity contribution in [2.24, 2.45) is 0 Å². The number of rotatable bonds is 0. The van der Waals surface area contributed by atoms with Crippen molar-refractivity contribution in [3.63, 3.8) is 0 Å². The Labute approximate surface area is 90.3 Å². The standard InChI is InChI=1S/C13H16N2/c1-15-8-7-13-11(9-15)10-5-3-2-4-6-12(10)14-13/h2-4,6,14H,5,7-9H2,1H3. The van der Waals surface area contributed by atoms with Crippen LogP contribution in [-0.2, 0) is 19.4 Å². The highest BCUT2D eigenvalue weighted by Crippen LogP contribution is 2.27. The van der Waals surface area contributed by atoms with Gasteiger partial charge in [0.25, 0.3) is 0 Å². The lowest BCUT2D eigenvalue weighted by Crippen LogP contribution is -2.26. The van der Waals surface area contributed by atoms with Gasteiger partial charge in [-0.25, -0.2) is 0 Å². The summed E-state index contributed by atoms with van der Waals surface area (Å²) in [6.45, 7) is 2.27. The van der Waals surface area contributed by atoms with Gasteiger partial charge in [-0.1, -0.05) is 18.2 Å². The van der Waals surface area contributed by atoms with Crippen molar-refractivity contribution >= 4 is 6.08 Å². The largest absolute Gasteiger partial charge is 0.358 e. The van der Waals surface area contributed by atoms with Crippen LogP contribution in [0, 0.1) is 0 Å². The predicted octanol–water partition coefficient (Wildman–Crippen LogP) is 2.13. The minimum absolute atomic E-state index is 1.07. The first-order valence-electron chi connectivity index (χ1n) is 5.59. The first-order valence-corrected chi connectivity index (χ1v) is 5.59. The highest BCUT2D eigenvalue weighted by Gasteiger charge is 2.20. The molecule has 0 spiro atoms. The number of aromatic nitrogens is 1. The lowest BCUT2D eigenvalue weighted by atomic mass is 10.0. The van der Waals surface area contributed by atoms with Gasteiger partial charge in [-0.3, -0.25) is 0 Å². The molecule has 0 unspecified atom stereocenters. The summed E-state index contributed by atoms with van der Waals surface area (Å²) < 4.78 is 0. The van der Waals surface area contributed by atoms with E-state index in [9.17, 15) is 0 Å². The Hall–Kier alpha value is -1.28. The van der Waals surface area contributed by atoms with Gasteiger partial charge in [0, 0.05) is 30.9 Å². The molecule has 0 saturated heterocycles. The molecule has 1 aromatic rings. The first-order chi connectivity index (χ1) is 7.34. The molecule has 2 aliphatic rings. The van der Waals surface area contributed by atoms with Crippen LogP contribution in [0.4, 0.5) is 0 Å². The molecule has 1 N–H and O–H groups in total. The lowest BCUT2D eigenvalue weighted by molar-refractivity contribution is 0.311. The Balaban J connectivity index is 2.10. The summed E-state index contributed by atoms with van der Waals surface area (Å²) >= 11 is 0. The molecule has 0 fully saturated rings. The van der Waals surface area contributed by atoms with Crippen molar-refractivity contribution < 1.29 is 0 Å². The molecule has 1 aromatic heterocycles. The van der Waals surface area contributed by atoms with Crippen LogP contribution in [0.2, 0.25) is 0 Å². The summed E-state index contributed by atoms with van der Waals surface area (Å²) in [5, 5.41) is 0. The molecule has 0 amide bonds. The number of fused-ring (bicyclic) bond motifs is 3. The van der Waals surface area contributed by atoms with Crippen molar-refractivity contribution in [1.82, 2.24) is 9.88 Å². The van der Waals surface area contributed by atoms with Gasteiger partial charge in [-0.2, -0.15) is 0 Å². The van der Waals surface area contributed by atoms with E-state index < -0.39 is 0 Å². The summed E-state index contributed by atoms with van der Waals surface area (Å²) in [6, 6.07) is 0. The van der Waals surface area contributed by atoms with E-state index >= 15 is 0 Å². The van der Waals surface area contributed by atoms with Gasteiger partial charge in [0.2, 0.25) is 0 Å². The molecule has 2 nitrogen and oxygen atoms in total. The number of aromatic amines is 1. The number of allylic oxidation sites excluding steroid dienone is 3. The van der Waals surface area contributed by atoms with Crippen molar-refractivity contribution in [1.29, 1.82) is 0 Å². The van der Waals surface area contributed by atoms with E-state index in [4.69, 9.17) is 0 Å². The fourth-order valence-corrected chi connectivity index (χ4v) is 2.51. The highest BCUT2D eigenvalue weighted by atomic mass is 15.1. The Morgan fingerprint density at radius 2 is 2.20 bits per heavy atom. The number of nitrogens with zero attached hydrogens (tertiary/aromatic N) is 1. The van der Waals surface area contributed by atoms with Gasteiger partial charge in [-0.15, -0.1) is 0 Å². The van der Waals surface area contributed by atoms with Crippen LogP contribution in [-0.4, -0.2) is 23.5 Å². The Morgan fingerprint density at radius 3 is 3.13 bits per heavy atom. The third kappa shape index (κ3) is 1.45. The Morgan fingerprint density at radius 1 is 1.27 bits per heavy atom. The van der Waals surface area contributed by atoms with Crippen molar-refractivity contribution in [2.75, 3.05) is 13.6 Å². The molecule has 0 radical (unpaired) electrons. The summed E-state index contributed by atoms with van der Waals surface area (Å²) in [5.74, 6) is 0. The summed E-state index contributed by atoms with van der Waals surface area (Å²) in [5.41, 5.74) is 5.81. The van der Waals surface area contributed by atoms with Crippen molar-refractivity contribution in [3.8, 4) is 0 Å². The maximum Gasteiger partial charge on any atom is 0.0421 e. The van der Waals surface area contributed by atoms with E-state index in [1.807, 2.05) is 0 Å². The van der Waals surface area contributed by atoms with Crippen LogP contribution >= 0.6 is 0 Å². The molecular weight excluding hydrogens is 184 g/mol. The molecule has 0 saturated carbocycles. The molecule has 0 bridgehead atoms. The summed E-state index contributed by atoms with van der Waals surface area (Å²) in [4.78, 5) is 5.96. The van der Waals surface area contributed by atoms with Crippen LogP contribution < -0.4 is 0 Å². The third-order valence-corrected chi connectivity index (χ3v) is 3.34. The second-order valence-electron chi connectivity index (χ2n) is 4.45. The van der Waals surface area contributed by atoms with E-state index in [1.54, 1.807) is 0 Å². The SMILES string of the molecule is CN1CCc2[nH]c3c(c2C1)CC=CC=C3. The summed E-state index contributed by atoms with van der Waals surface area (Å²) in [7, 11) is 2.20. The molecule has 1 aliphatic carbocycles. The van der Waals surface area contributed by atoms with E-state index in [-0.39, 0.29) is 0 Å². The van der Waals surface area contributed by atoms with Crippen molar-refractivity contribution in [3.05, 3.63) is 40.7 Å². The average Bonchev–Trinajstić information content (AvgIpc) is 2.44. The maximum atomic E-state index is 3.56. The average molecular weight is 200 g/mol. The second-order valence-corrected chi connectivity index (χ2v) is 4.45. The second kappa shape index (κ2) is 3.38. The zero-order valence-corrected chi connectivity index (χ0v) is 9.09. The van der Waals surface area contributed by atoms with E-state index in [0.717, 1.165) is 19.4 Å². The van der Waals surface area contributed by atoms with Gasteiger partial charge in [0.1, 0.15) is 0 Å². The molecular formula is C13H16N2. The summed E-state index contributed by atoms with van der Waals surface area (Å²) in [6.07, 6.45) is 10.9. The monoisotopic (exact) mass is 200 g/mol. The highest BCUT2D eigenvalue weighted by molar-refractivity contribution is 5.58. The van der Waals surface area contributed by atoms with Crippen LogP contribution in [0.25, 0.3) is 6.08 Å². The van der Waals surface area contributed by atoms with E-state index in [2.05, 4.69) is 41.2 Å². The van der Waals surface area contributed by atoms with Gasteiger partial charge in [0.05, 0.1) is 0 Å². The van der Waals surface area contributed by atoms with Gasteiger partial charge in [0.15, 0.2) is 0 Å². The minimum Gasteiger partial charge on any atom is -0.358 e. The quantitative estimate of drug-likeness (QED) is 0.679. The Bertz CT molecular complexity index is 438. The molecule has 15 heavy (non-hydrogen) atoms. The molecule has 3 rings (SSSR count). The van der Waals surface area contributed by atoms with Gasteiger partial charge >= 0.3 is 0 Å². The predicted molar refractivity (Wildman–Crippen MR) is 62.7 cm³/mol. The van der Waals surface area contributed by atoms with E-state index in [0.29, 0.717) is 0 Å². The van der Waals surface area contributed by atoms with Crippen LogP contribution in [0.3, 0.4) is 0 Å². The number of hydrogen-bond acceptors (Lipinski definition) is 1. The van der Waals surface area contributed by atoms with Gasteiger partial charge in [-0.05, 0) is 30.7 Å². The maximum absolute atomic E-state index is 3.56. The van der Waals surface area contributed by atoms with Crippen LogP contribution in [0.5, 0.6) is 0 Å². The molecule has 78 valence electrons. The Kier molecular flexibility index (Phi) is 2.03. The molecule has 0 aromatic carbocycles. The smallest absolute Gasteiger partial charge is 0.0421 e.